The molecule has 1 aromatic heterocycles. The fourth-order valence-electron chi connectivity index (χ4n) is 2.72. The molecule has 1 aliphatic rings. The van der Waals surface area contributed by atoms with Crippen LogP contribution in [0.5, 0.6) is 0 Å². The summed E-state index contributed by atoms with van der Waals surface area (Å²) < 4.78 is 29.5. The van der Waals surface area contributed by atoms with E-state index < -0.39 is 9.05 Å². The lowest BCUT2D eigenvalue weighted by Gasteiger charge is -2.10. The number of halogens is 1. The molecule has 1 aromatic rings. The summed E-state index contributed by atoms with van der Waals surface area (Å²) >= 11 is 0. The molecule has 1 heterocycles. The minimum Gasteiger partial charge on any atom is -0.383 e. The number of hydrogen-bond donors (Lipinski definition) is 0. The first-order valence-corrected chi connectivity index (χ1v) is 9.19. The predicted molar refractivity (Wildman–Crippen MR) is 75.2 cm³/mol. The average molecular weight is 322 g/mol. The van der Waals surface area contributed by atoms with Crippen LogP contribution in [0.2, 0.25) is 0 Å². The number of aromatic nitrogens is 3. The Kier molecular flexibility index (Phi) is 5.40. The van der Waals surface area contributed by atoms with Gasteiger partial charge in [-0.1, -0.05) is 25.7 Å². The van der Waals surface area contributed by atoms with Crippen molar-refractivity contribution in [2.24, 2.45) is 5.92 Å². The highest BCUT2D eigenvalue weighted by Crippen LogP contribution is 2.28. The van der Waals surface area contributed by atoms with Gasteiger partial charge in [-0.2, -0.15) is 0 Å². The van der Waals surface area contributed by atoms with Crippen molar-refractivity contribution in [3.63, 3.8) is 0 Å². The summed E-state index contributed by atoms with van der Waals surface area (Å²) in [5.74, 6) is 1.40. The second-order valence-electron chi connectivity index (χ2n) is 5.17. The second kappa shape index (κ2) is 6.87. The molecule has 20 heavy (non-hydrogen) atoms. The van der Waals surface area contributed by atoms with E-state index in [4.69, 9.17) is 15.4 Å². The Morgan fingerprint density at radius 2 is 2.05 bits per heavy atom. The van der Waals surface area contributed by atoms with Crippen molar-refractivity contribution >= 4 is 19.7 Å². The Bertz CT molecular complexity index is 538. The zero-order valence-electron chi connectivity index (χ0n) is 11.6. The molecule has 0 saturated heterocycles. The summed E-state index contributed by atoms with van der Waals surface area (Å²) in [6.45, 7) is 0.790. The van der Waals surface area contributed by atoms with Crippen LogP contribution in [0.3, 0.4) is 0 Å². The number of hydrogen-bond acceptors (Lipinski definition) is 5. The summed E-state index contributed by atoms with van der Waals surface area (Å²) in [5.41, 5.74) is 0. The Morgan fingerprint density at radius 1 is 1.35 bits per heavy atom. The molecule has 0 amide bonds. The van der Waals surface area contributed by atoms with Gasteiger partial charge in [-0.25, -0.2) is 8.42 Å². The van der Waals surface area contributed by atoms with E-state index in [1.165, 1.54) is 25.7 Å². The quantitative estimate of drug-likeness (QED) is 0.718. The molecule has 1 aliphatic carbocycles. The largest absolute Gasteiger partial charge is 0.383 e. The van der Waals surface area contributed by atoms with Crippen molar-refractivity contribution in [2.75, 3.05) is 13.7 Å². The van der Waals surface area contributed by atoms with Gasteiger partial charge in [0.2, 0.25) is 0 Å². The van der Waals surface area contributed by atoms with Crippen LogP contribution in [0, 0.1) is 5.92 Å². The third-order valence-corrected chi connectivity index (χ3v) is 4.93. The van der Waals surface area contributed by atoms with Crippen molar-refractivity contribution in [3.8, 4) is 0 Å². The monoisotopic (exact) mass is 321 g/mol. The first-order valence-electron chi connectivity index (χ1n) is 6.88. The molecule has 0 aliphatic heterocycles. The normalized spacial score (nSPS) is 16.9. The molecule has 0 bridgehead atoms. The van der Waals surface area contributed by atoms with E-state index in [9.17, 15) is 8.42 Å². The van der Waals surface area contributed by atoms with E-state index in [1.54, 1.807) is 11.7 Å². The number of nitrogens with zero attached hydrogens (tertiary/aromatic N) is 3. The van der Waals surface area contributed by atoms with Gasteiger partial charge in [0.05, 0.1) is 6.61 Å². The van der Waals surface area contributed by atoms with Crippen LogP contribution in [0.4, 0.5) is 0 Å². The van der Waals surface area contributed by atoms with Gasteiger partial charge >= 0.3 is 0 Å². The van der Waals surface area contributed by atoms with E-state index in [1.807, 2.05) is 0 Å². The van der Waals surface area contributed by atoms with Gasteiger partial charge in [-0.15, -0.1) is 10.2 Å². The van der Waals surface area contributed by atoms with E-state index in [0.29, 0.717) is 19.0 Å². The SMILES string of the molecule is COCCn1c(CCC2CCCC2)nnc1S(=O)(=O)Cl. The summed E-state index contributed by atoms with van der Waals surface area (Å²) in [5, 5.41) is 7.53. The maximum atomic E-state index is 11.5. The number of aryl methyl sites for hydroxylation is 1. The van der Waals surface area contributed by atoms with Crippen LogP contribution in [0.25, 0.3) is 0 Å². The van der Waals surface area contributed by atoms with Crippen LogP contribution in [-0.4, -0.2) is 36.9 Å². The summed E-state index contributed by atoms with van der Waals surface area (Å²) in [6.07, 6.45) is 6.85. The van der Waals surface area contributed by atoms with Gasteiger partial charge in [0.15, 0.2) is 0 Å². The minimum absolute atomic E-state index is 0.183. The van der Waals surface area contributed by atoms with E-state index in [0.717, 1.165) is 18.8 Å². The molecule has 0 aromatic carbocycles. The highest BCUT2D eigenvalue weighted by Gasteiger charge is 2.23. The lowest BCUT2D eigenvalue weighted by atomic mass is 10.0. The molecular weight excluding hydrogens is 302 g/mol. The standard InChI is InChI=1S/C12H20ClN3O3S/c1-19-9-8-16-11(7-6-10-4-2-3-5-10)14-15-12(16)20(13,17)18/h10H,2-9H2,1H3. The molecule has 0 N–H and O–H groups in total. The number of rotatable bonds is 7. The topological polar surface area (TPSA) is 74.1 Å². The average Bonchev–Trinajstić information content (AvgIpc) is 3.02. The highest BCUT2D eigenvalue weighted by molar-refractivity contribution is 8.13. The zero-order valence-corrected chi connectivity index (χ0v) is 13.2. The first kappa shape index (κ1) is 15.7. The van der Waals surface area contributed by atoms with Crippen molar-refractivity contribution < 1.29 is 13.2 Å². The molecule has 8 heteroatoms. The molecule has 0 atom stereocenters. The molecule has 0 spiro atoms. The molecule has 114 valence electrons. The first-order chi connectivity index (χ1) is 9.52. The third kappa shape index (κ3) is 3.93. The third-order valence-electron chi connectivity index (χ3n) is 3.78. The fraction of sp³-hybridized carbons (Fsp3) is 0.833. The maximum Gasteiger partial charge on any atom is 0.296 e. The Morgan fingerprint density at radius 3 is 2.65 bits per heavy atom. The zero-order chi connectivity index (χ0) is 14.6. The van der Waals surface area contributed by atoms with Crippen molar-refractivity contribution in [2.45, 2.75) is 50.2 Å². The molecule has 1 saturated carbocycles. The molecule has 6 nitrogen and oxygen atoms in total. The van der Waals surface area contributed by atoms with Crippen LogP contribution in [0.15, 0.2) is 5.16 Å². The van der Waals surface area contributed by atoms with Gasteiger partial charge in [0.25, 0.3) is 14.2 Å². The summed E-state index contributed by atoms with van der Waals surface area (Å²) in [6, 6.07) is 0. The van der Waals surface area contributed by atoms with Gasteiger partial charge in [-0.05, 0) is 12.3 Å². The van der Waals surface area contributed by atoms with Gasteiger partial charge < -0.3 is 4.74 Å². The van der Waals surface area contributed by atoms with E-state index >= 15 is 0 Å². The maximum absolute atomic E-state index is 11.5. The molecule has 2 rings (SSSR count). The Hall–Kier alpha value is -0.660. The second-order valence-corrected chi connectivity index (χ2v) is 7.63. The molecule has 1 fully saturated rings. The van der Waals surface area contributed by atoms with Crippen LogP contribution in [0.1, 0.15) is 37.9 Å². The van der Waals surface area contributed by atoms with Crippen molar-refractivity contribution in [3.05, 3.63) is 5.82 Å². The molecular formula is C12H20ClN3O3S. The van der Waals surface area contributed by atoms with Gasteiger partial charge in [0, 0.05) is 30.8 Å². The van der Waals surface area contributed by atoms with Gasteiger partial charge in [0.1, 0.15) is 5.82 Å². The smallest absolute Gasteiger partial charge is 0.296 e. The highest BCUT2D eigenvalue weighted by atomic mass is 35.7. The van der Waals surface area contributed by atoms with Gasteiger partial charge in [-0.3, -0.25) is 4.57 Å². The van der Waals surface area contributed by atoms with Crippen LogP contribution < -0.4 is 0 Å². The number of methoxy groups -OCH3 is 1. The Labute approximate surface area is 123 Å². The van der Waals surface area contributed by atoms with Crippen molar-refractivity contribution in [1.82, 2.24) is 14.8 Å². The minimum atomic E-state index is -3.87. The summed E-state index contributed by atoms with van der Waals surface area (Å²) in [4.78, 5) is 0. The molecule has 0 radical (unpaired) electrons. The van der Waals surface area contributed by atoms with Crippen molar-refractivity contribution in [1.29, 1.82) is 0 Å². The van der Waals surface area contributed by atoms with Crippen LogP contribution in [-0.2, 0) is 26.8 Å². The van der Waals surface area contributed by atoms with E-state index in [-0.39, 0.29) is 5.16 Å². The lowest BCUT2D eigenvalue weighted by molar-refractivity contribution is 0.183. The number of ether oxygens (including phenoxy) is 1. The van der Waals surface area contributed by atoms with E-state index in [2.05, 4.69) is 10.2 Å². The van der Waals surface area contributed by atoms with Crippen LogP contribution >= 0.6 is 10.7 Å². The summed E-state index contributed by atoms with van der Waals surface area (Å²) in [7, 11) is 3.08. The fourth-order valence-corrected chi connectivity index (χ4v) is 3.66. The Balaban J connectivity index is 2.12. The lowest BCUT2D eigenvalue weighted by Crippen LogP contribution is -2.14. The molecule has 0 unspecified atom stereocenters. The predicted octanol–water partition coefficient (Wildman–Crippen LogP) is 1.97.